The Bertz CT molecular complexity index is 712. The number of nitrogens with one attached hydrogen (secondary N) is 1. The van der Waals surface area contributed by atoms with Crippen LogP contribution in [-0.2, 0) is 18.4 Å². The van der Waals surface area contributed by atoms with Crippen LogP contribution in [0.1, 0.15) is 23.6 Å². The van der Waals surface area contributed by atoms with Crippen LogP contribution in [0.15, 0.2) is 30.3 Å². The van der Waals surface area contributed by atoms with Crippen LogP contribution in [0.25, 0.3) is 0 Å². The molecule has 1 aliphatic rings. The Kier molecular flexibility index (Phi) is 4.15. The maximum atomic E-state index is 12.9. The number of carbonyl (C=O) groups excluding carboxylic acids is 1. The van der Waals surface area contributed by atoms with Crippen LogP contribution in [-0.4, -0.2) is 10.5 Å². The molecule has 2 atom stereocenters. The highest BCUT2D eigenvalue weighted by Crippen LogP contribution is 2.47. The Balaban J connectivity index is 1.57. The Morgan fingerprint density at radius 1 is 1.36 bits per heavy atom. The number of benzene rings is 1. The van der Waals surface area contributed by atoms with E-state index < -0.39 is 0 Å². The first-order valence-corrected chi connectivity index (χ1v) is 7.75. The van der Waals surface area contributed by atoms with Gasteiger partial charge in [0.2, 0.25) is 5.91 Å². The zero-order chi connectivity index (χ0) is 15.9. The van der Waals surface area contributed by atoms with Crippen LogP contribution in [0, 0.1) is 11.7 Å². The van der Waals surface area contributed by atoms with Gasteiger partial charge in [0.05, 0.1) is 11.6 Å². The van der Waals surface area contributed by atoms with Crippen molar-refractivity contribution in [3.05, 3.63) is 57.6 Å². The highest BCUT2D eigenvalue weighted by Gasteiger charge is 2.43. The van der Waals surface area contributed by atoms with Gasteiger partial charge in [-0.05, 0) is 36.1 Å². The standard InChI is InChI=1S/C16H15Cl2FN2O/c1-21-11(6-14(17)15(21)18)8-20-16(22)13-7-12(13)9-2-4-10(19)5-3-9/h2-6,12-13H,7-8H2,1H3,(H,20,22)/t12-,13+/m1/s1. The molecule has 0 spiro atoms. The summed E-state index contributed by atoms with van der Waals surface area (Å²) >= 11 is 11.9. The predicted molar refractivity (Wildman–Crippen MR) is 84.5 cm³/mol. The van der Waals surface area contributed by atoms with Gasteiger partial charge in [-0.2, -0.15) is 0 Å². The van der Waals surface area contributed by atoms with Crippen LogP contribution in [0.3, 0.4) is 0 Å². The summed E-state index contributed by atoms with van der Waals surface area (Å²) in [5.74, 6) is -0.122. The predicted octanol–water partition coefficient (Wildman–Crippen LogP) is 3.89. The fourth-order valence-corrected chi connectivity index (χ4v) is 3.05. The quantitative estimate of drug-likeness (QED) is 0.899. The lowest BCUT2D eigenvalue weighted by Crippen LogP contribution is -2.25. The molecule has 22 heavy (non-hydrogen) atoms. The molecular formula is C16H15Cl2FN2O. The highest BCUT2D eigenvalue weighted by molar-refractivity contribution is 6.41. The van der Waals surface area contributed by atoms with E-state index in [1.807, 2.05) is 0 Å². The Morgan fingerprint density at radius 3 is 2.64 bits per heavy atom. The summed E-state index contributed by atoms with van der Waals surface area (Å²) in [5, 5.41) is 3.84. The van der Waals surface area contributed by atoms with Gasteiger partial charge < -0.3 is 9.88 Å². The minimum atomic E-state index is -0.261. The number of hydrogen-bond acceptors (Lipinski definition) is 1. The molecule has 1 amide bonds. The first kappa shape index (κ1) is 15.4. The molecule has 1 aliphatic carbocycles. The molecule has 2 aromatic rings. The topological polar surface area (TPSA) is 34.0 Å². The average molecular weight is 341 g/mol. The summed E-state index contributed by atoms with van der Waals surface area (Å²) in [6, 6.07) is 8.08. The molecule has 0 bridgehead atoms. The number of aromatic nitrogens is 1. The van der Waals surface area contributed by atoms with Gasteiger partial charge in [-0.1, -0.05) is 35.3 Å². The third-order valence-corrected chi connectivity index (χ3v) is 4.93. The summed E-state index contributed by atoms with van der Waals surface area (Å²) < 4.78 is 14.6. The van der Waals surface area contributed by atoms with Crippen LogP contribution >= 0.6 is 23.2 Å². The Morgan fingerprint density at radius 2 is 2.05 bits per heavy atom. The van der Waals surface area contributed by atoms with Crippen molar-refractivity contribution in [1.82, 2.24) is 9.88 Å². The molecule has 0 aliphatic heterocycles. The largest absolute Gasteiger partial charge is 0.350 e. The summed E-state index contributed by atoms with van der Waals surface area (Å²) in [5.41, 5.74) is 1.86. The van der Waals surface area contributed by atoms with Crippen LogP contribution < -0.4 is 5.32 Å². The lowest BCUT2D eigenvalue weighted by Gasteiger charge is -2.07. The number of hydrogen-bond donors (Lipinski definition) is 1. The van der Waals surface area contributed by atoms with Crippen molar-refractivity contribution in [3.8, 4) is 0 Å². The normalized spacial score (nSPS) is 20.0. The van der Waals surface area contributed by atoms with Gasteiger partial charge in [0.25, 0.3) is 0 Å². The van der Waals surface area contributed by atoms with Crippen LogP contribution in [0.5, 0.6) is 0 Å². The second-order valence-corrected chi connectivity index (χ2v) is 6.32. The molecule has 1 saturated carbocycles. The molecule has 0 saturated heterocycles. The van der Waals surface area contributed by atoms with Crippen LogP contribution in [0.2, 0.25) is 10.2 Å². The van der Waals surface area contributed by atoms with Gasteiger partial charge in [0, 0.05) is 18.7 Å². The van der Waals surface area contributed by atoms with Crippen LogP contribution in [0.4, 0.5) is 4.39 Å². The lowest BCUT2D eigenvalue weighted by molar-refractivity contribution is -0.122. The van der Waals surface area contributed by atoms with Gasteiger partial charge in [0.15, 0.2) is 0 Å². The SMILES string of the molecule is Cn1c(CNC(=O)[C@H]2C[C@@H]2c2ccc(F)cc2)cc(Cl)c1Cl. The molecule has 1 aromatic carbocycles. The monoisotopic (exact) mass is 340 g/mol. The number of nitrogens with zero attached hydrogens (tertiary/aromatic N) is 1. The van der Waals surface area contributed by atoms with Crippen molar-refractivity contribution in [2.75, 3.05) is 0 Å². The van der Waals surface area contributed by atoms with E-state index in [0.29, 0.717) is 16.7 Å². The minimum absolute atomic E-state index is 0.00256. The van der Waals surface area contributed by atoms with E-state index in [1.54, 1.807) is 29.8 Å². The molecule has 3 rings (SSSR count). The molecule has 116 valence electrons. The summed E-state index contributed by atoms with van der Waals surface area (Å²) in [6.07, 6.45) is 0.798. The van der Waals surface area contributed by atoms with Crippen molar-refractivity contribution in [2.24, 2.45) is 13.0 Å². The third kappa shape index (κ3) is 2.99. The smallest absolute Gasteiger partial charge is 0.224 e. The fraction of sp³-hybridized carbons (Fsp3) is 0.312. The summed E-state index contributed by atoms with van der Waals surface area (Å²) in [6.45, 7) is 0.383. The molecule has 0 unspecified atom stereocenters. The van der Waals surface area contributed by atoms with E-state index in [1.165, 1.54) is 12.1 Å². The van der Waals surface area contributed by atoms with Gasteiger partial charge >= 0.3 is 0 Å². The van der Waals surface area contributed by atoms with Crippen molar-refractivity contribution in [1.29, 1.82) is 0 Å². The zero-order valence-electron chi connectivity index (χ0n) is 11.9. The van der Waals surface area contributed by atoms with Crippen molar-refractivity contribution < 1.29 is 9.18 Å². The second kappa shape index (κ2) is 5.94. The molecule has 6 heteroatoms. The minimum Gasteiger partial charge on any atom is -0.350 e. The van der Waals surface area contributed by atoms with E-state index in [9.17, 15) is 9.18 Å². The van der Waals surface area contributed by atoms with E-state index in [4.69, 9.17) is 23.2 Å². The first-order chi connectivity index (χ1) is 10.5. The van der Waals surface area contributed by atoms with Gasteiger partial charge in [0.1, 0.15) is 11.0 Å². The number of rotatable bonds is 4. The van der Waals surface area contributed by atoms with Gasteiger partial charge in [-0.15, -0.1) is 0 Å². The second-order valence-electron chi connectivity index (χ2n) is 5.55. The third-order valence-electron chi connectivity index (χ3n) is 4.08. The maximum absolute atomic E-state index is 12.9. The van der Waals surface area contributed by atoms with Crippen molar-refractivity contribution in [3.63, 3.8) is 0 Å². The van der Waals surface area contributed by atoms with E-state index in [2.05, 4.69) is 5.32 Å². The molecule has 1 N–H and O–H groups in total. The highest BCUT2D eigenvalue weighted by atomic mass is 35.5. The summed E-state index contributed by atoms with van der Waals surface area (Å²) in [7, 11) is 1.80. The van der Waals surface area contributed by atoms with E-state index in [0.717, 1.165) is 17.7 Å². The molecule has 1 fully saturated rings. The molecule has 0 radical (unpaired) electrons. The van der Waals surface area contributed by atoms with Gasteiger partial charge in [-0.25, -0.2) is 4.39 Å². The van der Waals surface area contributed by atoms with E-state index >= 15 is 0 Å². The molecule has 1 heterocycles. The molecule has 1 aromatic heterocycles. The number of amides is 1. The average Bonchev–Trinajstić information content (AvgIpc) is 3.26. The van der Waals surface area contributed by atoms with Gasteiger partial charge in [-0.3, -0.25) is 4.79 Å². The Labute approximate surface area is 138 Å². The van der Waals surface area contributed by atoms with Crippen molar-refractivity contribution in [2.45, 2.75) is 18.9 Å². The number of halogens is 3. The molecular weight excluding hydrogens is 326 g/mol. The fourth-order valence-electron chi connectivity index (χ4n) is 2.63. The van der Waals surface area contributed by atoms with Crippen molar-refractivity contribution >= 4 is 29.1 Å². The summed E-state index contributed by atoms with van der Waals surface area (Å²) in [4.78, 5) is 12.2. The first-order valence-electron chi connectivity index (χ1n) is 7.00. The maximum Gasteiger partial charge on any atom is 0.224 e. The zero-order valence-corrected chi connectivity index (χ0v) is 13.5. The Hall–Kier alpha value is -1.52. The lowest BCUT2D eigenvalue weighted by atomic mass is 10.1. The van der Waals surface area contributed by atoms with E-state index in [-0.39, 0.29) is 23.6 Å². The number of carbonyl (C=O) groups is 1. The molecule has 3 nitrogen and oxygen atoms in total.